The van der Waals surface area contributed by atoms with Crippen LogP contribution in [0.3, 0.4) is 0 Å². The minimum Gasteiger partial charge on any atom is -0.335 e. The molecule has 1 aliphatic rings. The van der Waals surface area contributed by atoms with Crippen molar-refractivity contribution in [3.8, 4) is 6.07 Å². The van der Waals surface area contributed by atoms with Gasteiger partial charge in [0.05, 0.1) is 24.3 Å². The Kier molecular flexibility index (Phi) is 3.58. The molecule has 0 spiro atoms. The van der Waals surface area contributed by atoms with E-state index in [4.69, 9.17) is 0 Å². The third kappa shape index (κ3) is 2.42. The summed E-state index contributed by atoms with van der Waals surface area (Å²) in [5.74, 6) is 0. The molecular weight excluding hydrogens is 200 g/mol. The molecule has 1 aromatic heterocycles. The predicted octanol–water partition coefficient (Wildman–Crippen LogP) is 1.91. The van der Waals surface area contributed by atoms with Gasteiger partial charge in [0.25, 0.3) is 0 Å². The molecule has 0 radical (unpaired) electrons. The zero-order valence-electron chi connectivity index (χ0n) is 9.69. The van der Waals surface area contributed by atoms with Gasteiger partial charge in [0.15, 0.2) is 0 Å². The minimum atomic E-state index is -0.226. The van der Waals surface area contributed by atoms with Gasteiger partial charge in [-0.3, -0.25) is 5.32 Å². The van der Waals surface area contributed by atoms with Crippen LogP contribution in [0.2, 0.25) is 0 Å². The Morgan fingerprint density at radius 1 is 1.50 bits per heavy atom. The van der Waals surface area contributed by atoms with E-state index in [9.17, 15) is 5.26 Å². The average Bonchev–Trinajstić information content (AvgIpc) is 2.74. The molecule has 1 aromatic rings. The summed E-state index contributed by atoms with van der Waals surface area (Å²) in [4.78, 5) is 4.06. The van der Waals surface area contributed by atoms with Crippen molar-refractivity contribution >= 4 is 0 Å². The van der Waals surface area contributed by atoms with Crippen LogP contribution in [0.25, 0.3) is 0 Å². The Bertz CT molecular complexity index is 371. The first-order chi connectivity index (χ1) is 7.81. The summed E-state index contributed by atoms with van der Waals surface area (Å²) in [5.41, 5.74) is 0.952. The molecule has 0 saturated heterocycles. The molecule has 1 fully saturated rings. The number of imidazole rings is 1. The van der Waals surface area contributed by atoms with E-state index in [1.807, 2.05) is 11.6 Å². The van der Waals surface area contributed by atoms with Gasteiger partial charge in [-0.15, -0.1) is 0 Å². The number of rotatable bonds is 3. The van der Waals surface area contributed by atoms with E-state index >= 15 is 0 Å². The molecule has 0 aromatic carbocycles. The number of nitrogens with one attached hydrogen (secondary N) is 1. The van der Waals surface area contributed by atoms with Gasteiger partial charge in [0.1, 0.15) is 6.04 Å². The van der Waals surface area contributed by atoms with Gasteiger partial charge in [-0.25, -0.2) is 4.98 Å². The molecule has 1 heterocycles. The molecule has 86 valence electrons. The monoisotopic (exact) mass is 218 g/mol. The van der Waals surface area contributed by atoms with Crippen molar-refractivity contribution in [3.63, 3.8) is 0 Å². The summed E-state index contributed by atoms with van der Waals surface area (Å²) in [5, 5.41) is 12.6. The van der Waals surface area contributed by atoms with E-state index in [-0.39, 0.29) is 6.04 Å². The zero-order valence-corrected chi connectivity index (χ0v) is 9.69. The molecule has 4 nitrogen and oxygen atoms in total. The summed E-state index contributed by atoms with van der Waals surface area (Å²) in [6, 6.07) is 2.59. The molecule has 0 bridgehead atoms. The Morgan fingerprint density at radius 2 is 2.25 bits per heavy atom. The van der Waals surface area contributed by atoms with E-state index in [2.05, 4.69) is 16.4 Å². The van der Waals surface area contributed by atoms with Crippen LogP contribution in [-0.2, 0) is 7.05 Å². The van der Waals surface area contributed by atoms with Gasteiger partial charge in [-0.05, 0) is 12.8 Å². The summed E-state index contributed by atoms with van der Waals surface area (Å²) in [6.45, 7) is 0. The smallest absolute Gasteiger partial charge is 0.138 e. The fourth-order valence-corrected chi connectivity index (χ4v) is 2.34. The lowest BCUT2D eigenvalue weighted by Gasteiger charge is -2.25. The van der Waals surface area contributed by atoms with E-state index < -0.39 is 0 Å². The maximum atomic E-state index is 9.20. The molecule has 1 aliphatic carbocycles. The van der Waals surface area contributed by atoms with Crippen molar-refractivity contribution in [2.45, 2.75) is 44.2 Å². The van der Waals surface area contributed by atoms with Crippen molar-refractivity contribution in [2.75, 3.05) is 0 Å². The lowest BCUT2D eigenvalue weighted by molar-refractivity contribution is 0.356. The normalized spacial score (nSPS) is 19.2. The lowest BCUT2D eigenvalue weighted by atomic mass is 9.95. The topological polar surface area (TPSA) is 53.6 Å². The molecule has 1 N–H and O–H groups in total. The lowest BCUT2D eigenvalue weighted by Crippen LogP contribution is -2.34. The molecule has 2 rings (SSSR count). The number of aryl methyl sites for hydroxylation is 1. The summed E-state index contributed by atoms with van der Waals surface area (Å²) >= 11 is 0. The fraction of sp³-hybridized carbons (Fsp3) is 0.667. The molecule has 1 saturated carbocycles. The van der Waals surface area contributed by atoms with Gasteiger partial charge in [-0.1, -0.05) is 19.3 Å². The van der Waals surface area contributed by atoms with E-state index in [0.29, 0.717) is 6.04 Å². The standard InChI is InChI=1S/C12H18N4/c1-16-9-14-8-12(16)11(7-13)15-10-5-3-2-4-6-10/h8-11,15H,2-6H2,1H3. The highest BCUT2D eigenvalue weighted by Gasteiger charge is 2.20. The van der Waals surface area contributed by atoms with Crippen molar-refractivity contribution in [2.24, 2.45) is 7.05 Å². The van der Waals surface area contributed by atoms with Crippen molar-refractivity contribution in [1.82, 2.24) is 14.9 Å². The van der Waals surface area contributed by atoms with Crippen molar-refractivity contribution in [1.29, 1.82) is 5.26 Å². The SMILES string of the molecule is Cn1cncc1C(C#N)NC1CCCCC1. The van der Waals surface area contributed by atoms with E-state index in [1.54, 1.807) is 12.5 Å². The Balaban J connectivity index is 2.01. The minimum absolute atomic E-state index is 0.226. The molecule has 0 amide bonds. The van der Waals surface area contributed by atoms with E-state index in [0.717, 1.165) is 5.69 Å². The maximum Gasteiger partial charge on any atom is 0.138 e. The third-order valence-corrected chi connectivity index (χ3v) is 3.29. The third-order valence-electron chi connectivity index (χ3n) is 3.29. The molecule has 1 unspecified atom stereocenters. The van der Waals surface area contributed by atoms with Crippen molar-refractivity contribution < 1.29 is 0 Å². The molecule has 0 aliphatic heterocycles. The Hall–Kier alpha value is -1.34. The molecule has 4 heteroatoms. The van der Waals surface area contributed by atoms with Gasteiger partial charge in [0, 0.05) is 13.1 Å². The van der Waals surface area contributed by atoms with Crippen LogP contribution < -0.4 is 5.32 Å². The van der Waals surface area contributed by atoms with Gasteiger partial charge >= 0.3 is 0 Å². The van der Waals surface area contributed by atoms with E-state index in [1.165, 1.54) is 32.1 Å². The van der Waals surface area contributed by atoms with Crippen LogP contribution in [0.1, 0.15) is 43.8 Å². The summed E-state index contributed by atoms with van der Waals surface area (Å²) in [6.07, 6.45) is 9.78. The average molecular weight is 218 g/mol. The number of nitrogens with zero attached hydrogens (tertiary/aromatic N) is 3. The van der Waals surface area contributed by atoms with Gasteiger partial charge in [-0.2, -0.15) is 5.26 Å². The highest BCUT2D eigenvalue weighted by atomic mass is 15.1. The second kappa shape index (κ2) is 5.13. The molecule has 1 atom stereocenters. The fourth-order valence-electron chi connectivity index (χ4n) is 2.34. The predicted molar refractivity (Wildman–Crippen MR) is 61.6 cm³/mol. The van der Waals surface area contributed by atoms with Gasteiger partial charge < -0.3 is 4.57 Å². The zero-order chi connectivity index (χ0) is 11.4. The summed E-state index contributed by atoms with van der Waals surface area (Å²) in [7, 11) is 1.93. The first-order valence-electron chi connectivity index (χ1n) is 5.93. The number of hydrogen-bond acceptors (Lipinski definition) is 3. The van der Waals surface area contributed by atoms with Crippen LogP contribution in [0.5, 0.6) is 0 Å². The largest absolute Gasteiger partial charge is 0.335 e. The van der Waals surface area contributed by atoms with Crippen LogP contribution in [0.4, 0.5) is 0 Å². The first kappa shape index (κ1) is 11.2. The number of hydrogen-bond donors (Lipinski definition) is 1. The highest BCUT2D eigenvalue weighted by molar-refractivity contribution is 5.13. The molecular formula is C12H18N4. The quantitative estimate of drug-likeness (QED) is 0.843. The number of aromatic nitrogens is 2. The van der Waals surface area contributed by atoms with Crippen LogP contribution in [0, 0.1) is 11.3 Å². The highest BCUT2D eigenvalue weighted by Crippen LogP contribution is 2.21. The van der Waals surface area contributed by atoms with Crippen LogP contribution in [0.15, 0.2) is 12.5 Å². The van der Waals surface area contributed by atoms with Crippen LogP contribution >= 0.6 is 0 Å². The molecule has 16 heavy (non-hydrogen) atoms. The first-order valence-corrected chi connectivity index (χ1v) is 5.93. The summed E-state index contributed by atoms with van der Waals surface area (Å²) < 4.78 is 1.91. The number of nitriles is 1. The Morgan fingerprint density at radius 3 is 2.81 bits per heavy atom. The second-order valence-corrected chi connectivity index (χ2v) is 4.49. The van der Waals surface area contributed by atoms with Crippen molar-refractivity contribution in [3.05, 3.63) is 18.2 Å². The van der Waals surface area contributed by atoms with Gasteiger partial charge in [0.2, 0.25) is 0 Å². The van der Waals surface area contributed by atoms with Crippen LogP contribution in [-0.4, -0.2) is 15.6 Å². The Labute approximate surface area is 96.3 Å². The second-order valence-electron chi connectivity index (χ2n) is 4.49. The maximum absolute atomic E-state index is 9.20.